The highest BCUT2D eigenvalue weighted by Gasteiger charge is 2.29. The lowest BCUT2D eigenvalue weighted by Crippen LogP contribution is -2.10. The van der Waals surface area contributed by atoms with Gasteiger partial charge in [-0.05, 0) is 78.2 Å². The van der Waals surface area contributed by atoms with Gasteiger partial charge in [-0.2, -0.15) is 0 Å². The lowest BCUT2D eigenvalue weighted by Gasteiger charge is -2.27. The minimum Gasteiger partial charge on any atom is -0.454 e. The van der Waals surface area contributed by atoms with E-state index in [0.29, 0.717) is 0 Å². The predicted octanol–water partition coefficient (Wildman–Crippen LogP) is 13.7. The van der Waals surface area contributed by atoms with E-state index in [1.807, 2.05) is 0 Å². The van der Waals surface area contributed by atoms with Gasteiger partial charge in [-0.15, -0.1) is 0 Å². The first-order valence-corrected chi connectivity index (χ1v) is 17.7. The summed E-state index contributed by atoms with van der Waals surface area (Å²) >= 11 is 0. The zero-order valence-electron chi connectivity index (χ0n) is 28.1. The lowest BCUT2D eigenvalue weighted by molar-refractivity contribution is 0.673. The molecule has 0 aliphatic heterocycles. The molecule has 0 saturated carbocycles. The largest absolute Gasteiger partial charge is 0.454 e. The third kappa shape index (κ3) is 4.09. The summed E-state index contributed by atoms with van der Waals surface area (Å²) in [6.07, 6.45) is 0. The third-order valence-corrected chi connectivity index (χ3v) is 10.5. The standard InChI is InChI=1S/C48H31N3O/c1-5-17-32(18-6-1)49(33-19-7-2-8-20-33)40-30-29-39-44-37-26-14-13-25-36(37)41(50(34-21-9-3-10-22-34)35-23-11-4-12-24-35)31-42(44)51-46(39)45(40)48-47(51)38-27-15-16-28-43(38)52-48/h1-31H. The molecular formula is C48H31N3O. The van der Waals surface area contributed by atoms with Crippen LogP contribution >= 0.6 is 0 Å². The number of rotatable bonds is 6. The molecule has 0 amide bonds. The van der Waals surface area contributed by atoms with Crippen molar-refractivity contribution in [2.45, 2.75) is 0 Å². The van der Waals surface area contributed by atoms with E-state index in [1.165, 1.54) is 21.5 Å². The SMILES string of the molecule is c1ccc(N(c2ccccc2)c2cc3c(c4ccccc24)c2ccc(N(c4ccccc4)c4ccccc4)c4c5oc6ccccc6c5n3c24)cc1. The summed E-state index contributed by atoms with van der Waals surface area (Å²) < 4.78 is 9.37. The molecule has 52 heavy (non-hydrogen) atoms. The van der Waals surface area contributed by atoms with E-state index >= 15 is 0 Å². The third-order valence-electron chi connectivity index (χ3n) is 10.5. The molecule has 0 aliphatic carbocycles. The minimum atomic E-state index is 0.880. The van der Waals surface area contributed by atoms with Crippen LogP contribution in [0.25, 0.3) is 60.0 Å². The molecule has 0 spiro atoms. The number of hydrogen-bond donors (Lipinski definition) is 0. The molecule has 0 fully saturated rings. The van der Waals surface area contributed by atoms with Gasteiger partial charge < -0.3 is 18.6 Å². The van der Waals surface area contributed by atoms with Gasteiger partial charge in [0.2, 0.25) is 0 Å². The Kier molecular flexibility index (Phi) is 6.22. The fourth-order valence-corrected chi connectivity index (χ4v) is 8.35. The van der Waals surface area contributed by atoms with Gasteiger partial charge in [0.25, 0.3) is 0 Å². The molecule has 4 heteroatoms. The number of fused-ring (bicyclic) bond motifs is 10. The molecule has 0 saturated heterocycles. The first-order valence-electron chi connectivity index (χ1n) is 17.7. The molecule has 0 radical (unpaired) electrons. The Morgan fingerprint density at radius 1 is 0.365 bits per heavy atom. The highest BCUT2D eigenvalue weighted by Crippen LogP contribution is 2.52. The molecule has 244 valence electrons. The molecule has 8 aromatic carbocycles. The molecule has 11 aromatic rings. The van der Waals surface area contributed by atoms with Crippen LogP contribution in [0.3, 0.4) is 0 Å². The molecule has 0 atom stereocenters. The number of furan rings is 1. The molecule has 3 heterocycles. The number of nitrogens with zero attached hydrogens (tertiary/aromatic N) is 3. The van der Waals surface area contributed by atoms with E-state index in [4.69, 9.17) is 4.42 Å². The normalized spacial score (nSPS) is 11.8. The lowest BCUT2D eigenvalue weighted by atomic mass is 9.99. The quantitative estimate of drug-likeness (QED) is 0.177. The van der Waals surface area contributed by atoms with Crippen LogP contribution in [0.1, 0.15) is 0 Å². The Balaban J connectivity index is 1.33. The molecular weight excluding hydrogens is 635 g/mol. The molecule has 0 N–H and O–H groups in total. The number of benzene rings is 8. The summed E-state index contributed by atoms with van der Waals surface area (Å²) in [4.78, 5) is 4.74. The van der Waals surface area contributed by atoms with Crippen LogP contribution in [0.4, 0.5) is 34.1 Å². The van der Waals surface area contributed by atoms with E-state index in [0.717, 1.165) is 72.6 Å². The van der Waals surface area contributed by atoms with Crippen LogP contribution in [0.15, 0.2) is 192 Å². The Bertz CT molecular complexity index is 2900. The first kappa shape index (κ1) is 28.8. The van der Waals surface area contributed by atoms with E-state index in [9.17, 15) is 0 Å². The highest BCUT2D eigenvalue weighted by atomic mass is 16.3. The van der Waals surface area contributed by atoms with E-state index in [1.54, 1.807) is 0 Å². The van der Waals surface area contributed by atoms with Gasteiger partial charge in [0.05, 0.1) is 27.8 Å². The minimum absolute atomic E-state index is 0.880. The summed E-state index contributed by atoms with van der Waals surface area (Å²) in [5.41, 5.74) is 11.8. The van der Waals surface area contributed by atoms with Gasteiger partial charge in [-0.3, -0.25) is 0 Å². The van der Waals surface area contributed by atoms with Crippen LogP contribution in [-0.2, 0) is 0 Å². The van der Waals surface area contributed by atoms with Gasteiger partial charge in [0.1, 0.15) is 11.1 Å². The van der Waals surface area contributed by atoms with Crippen molar-refractivity contribution in [2.24, 2.45) is 0 Å². The maximum atomic E-state index is 6.90. The second kappa shape index (κ2) is 11.2. The van der Waals surface area contributed by atoms with E-state index < -0.39 is 0 Å². The summed E-state index contributed by atoms with van der Waals surface area (Å²) in [6, 6.07) is 66.9. The molecule has 0 unspecified atom stereocenters. The fourth-order valence-electron chi connectivity index (χ4n) is 8.35. The number of aromatic nitrogens is 1. The van der Waals surface area contributed by atoms with Crippen molar-refractivity contribution in [3.05, 3.63) is 188 Å². The van der Waals surface area contributed by atoms with Crippen molar-refractivity contribution >= 4 is 94.2 Å². The molecule has 4 nitrogen and oxygen atoms in total. The average Bonchev–Trinajstić information content (AvgIpc) is 3.86. The fraction of sp³-hybridized carbons (Fsp3) is 0. The summed E-state index contributed by atoms with van der Waals surface area (Å²) in [6.45, 7) is 0. The van der Waals surface area contributed by atoms with E-state index in [2.05, 4.69) is 202 Å². The zero-order chi connectivity index (χ0) is 34.2. The van der Waals surface area contributed by atoms with Gasteiger partial charge in [0.15, 0.2) is 5.58 Å². The second-order valence-corrected chi connectivity index (χ2v) is 13.3. The Morgan fingerprint density at radius 3 is 1.42 bits per heavy atom. The average molecular weight is 666 g/mol. The van der Waals surface area contributed by atoms with Crippen molar-refractivity contribution in [3.8, 4) is 0 Å². The van der Waals surface area contributed by atoms with Gasteiger partial charge >= 0.3 is 0 Å². The van der Waals surface area contributed by atoms with Crippen molar-refractivity contribution in [2.75, 3.05) is 9.80 Å². The predicted molar refractivity (Wildman–Crippen MR) is 218 cm³/mol. The Hall–Kier alpha value is -7.04. The smallest absolute Gasteiger partial charge is 0.163 e. The second-order valence-electron chi connectivity index (χ2n) is 13.3. The van der Waals surface area contributed by atoms with Crippen LogP contribution in [0.5, 0.6) is 0 Å². The Morgan fingerprint density at radius 2 is 0.846 bits per heavy atom. The van der Waals surface area contributed by atoms with Crippen LogP contribution in [0.2, 0.25) is 0 Å². The van der Waals surface area contributed by atoms with Crippen molar-refractivity contribution < 1.29 is 4.42 Å². The topological polar surface area (TPSA) is 24.0 Å². The van der Waals surface area contributed by atoms with Gasteiger partial charge in [-0.25, -0.2) is 0 Å². The molecule has 3 aromatic heterocycles. The monoisotopic (exact) mass is 665 g/mol. The van der Waals surface area contributed by atoms with Crippen LogP contribution in [-0.4, -0.2) is 4.40 Å². The molecule has 11 rings (SSSR count). The summed E-state index contributed by atoms with van der Waals surface area (Å²) in [5, 5.41) is 7.06. The molecule has 0 aliphatic rings. The number of para-hydroxylation sites is 5. The van der Waals surface area contributed by atoms with Gasteiger partial charge in [0, 0.05) is 44.3 Å². The van der Waals surface area contributed by atoms with Crippen LogP contribution in [0, 0.1) is 0 Å². The maximum Gasteiger partial charge on any atom is 0.163 e. The Labute approximate surface area is 299 Å². The van der Waals surface area contributed by atoms with Crippen molar-refractivity contribution in [1.82, 2.24) is 4.40 Å². The number of anilines is 6. The maximum absolute atomic E-state index is 6.90. The van der Waals surface area contributed by atoms with Crippen molar-refractivity contribution in [3.63, 3.8) is 0 Å². The van der Waals surface area contributed by atoms with E-state index in [-0.39, 0.29) is 0 Å². The summed E-state index contributed by atoms with van der Waals surface area (Å²) in [7, 11) is 0. The molecule has 0 bridgehead atoms. The first-order chi connectivity index (χ1) is 25.8. The van der Waals surface area contributed by atoms with Crippen molar-refractivity contribution in [1.29, 1.82) is 0 Å². The zero-order valence-corrected chi connectivity index (χ0v) is 28.1. The highest BCUT2D eigenvalue weighted by molar-refractivity contribution is 6.34. The van der Waals surface area contributed by atoms with Gasteiger partial charge in [-0.1, -0.05) is 115 Å². The number of hydrogen-bond acceptors (Lipinski definition) is 3. The van der Waals surface area contributed by atoms with Crippen LogP contribution < -0.4 is 9.80 Å². The summed E-state index contributed by atoms with van der Waals surface area (Å²) in [5.74, 6) is 0.